The van der Waals surface area contributed by atoms with Gasteiger partial charge in [-0.25, -0.2) is 19.9 Å². The minimum absolute atomic E-state index is 0.260. The molecule has 0 aliphatic heterocycles. The Balaban J connectivity index is 1.39. The highest BCUT2D eigenvalue weighted by atomic mass is 19.4. The molecule has 0 saturated heterocycles. The Morgan fingerprint density at radius 1 is 0.468 bits per heavy atom. The number of alkyl halides is 3. The second-order valence-electron chi connectivity index (χ2n) is 15.0. The number of hydrogen-bond acceptors (Lipinski definition) is 5. The van der Waals surface area contributed by atoms with E-state index in [0.29, 0.717) is 56.0 Å². The van der Waals surface area contributed by atoms with E-state index in [1.54, 1.807) is 12.1 Å². The van der Waals surface area contributed by atoms with E-state index in [2.05, 4.69) is 6.07 Å². The quantitative estimate of drug-likeness (QED) is 0.160. The molecule has 9 heteroatoms. The van der Waals surface area contributed by atoms with Gasteiger partial charge < -0.3 is 4.57 Å². The summed E-state index contributed by atoms with van der Waals surface area (Å²) in [5.74, 6) is 0.520. The number of halogens is 3. The zero-order chi connectivity index (χ0) is 42.4. The van der Waals surface area contributed by atoms with Gasteiger partial charge >= 0.3 is 6.18 Å². The van der Waals surface area contributed by atoms with E-state index in [9.17, 15) is 18.4 Å². The zero-order valence-electron chi connectivity index (χ0n) is 33.1. The second kappa shape index (κ2) is 15.4. The molecule has 0 unspecified atom stereocenters. The standard InChI is InChI=1S/C53H33F3N6/c1-33-22-24-40-41-25-23-39(53(54,55)56)29-49(41)62(48(40)26-33)50-42(51-58-44(35-14-6-2-7-15-35)30-45(59-51)36-16-8-3-9-17-36)27-34(32-57)28-43(50)52-60-46(37-18-10-4-11-19-37)31-47(61-52)38-20-12-5-13-21-38/h2-31H,1H3. The molecular formula is C53H33F3N6. The van der Waals surface area contributed by atoms with Crippen molar-refractivity contribution >= 4 is 21.8 Å². The maximum Gasteiger partial charge on any atom is 0.416 e. The summed E-state index contributed by atoms with van der Waals surface area (Å²) < 4.78 is 45.9. The van der Waals surface area contributed by atoms with E-state index in [4.69, 9.17) is 19.9 Å². The average molecular weight is 811 g/mol. The third-order valence-corrected chi connectivity index (χ3v) is 10.9. The summed E-state index contributed by atoms with van der Waals surface area (Å²) in [7, 11) is 0. The number of nitriles is 1. The Labute approximate surface area is 354 Å². The highest BCUT2D eigenvalue weighted by Crippen LogP contribution is 2.44. The van der Waals surface area contributed by atoms with Crippen molar-refractivity contribution in [1.82, 2.24) is 24.5 Å². The van der Waals surface area contributed by atoms with Gasteiger partial charge in [0.25, 0.3) is 0 Å². The van der Waals surface area contributed by atoms with Crippen LogP contribution in [-0.2, 0) is 6.18 Å². The van der Waals surface area contributed by atoms with Gasteiger partial charge in [-0.05, 0) is 55.0 Å². The Morgan fingerprint density at radius 3 is 1.24 bits per heavy atom. The fourth-order valence-corrected chi connectivity index (χ4v) is 7.99. The van der Waals surface area contributed by atoms with Gasteiger partial charge in [0.1, 0.15) is 0 Å². The zero-order valence-corrected chi connectivity index (χ0v) is 33.1. The van der Waals surface area contributed by atoms with Crippen molar-refractivity contribution in [3.05, 3.63) is 199 Å². The molecule has 3 aromatic heterocycles. The van der Waals surface area contributed by atoms with Crippen LogP contribution in [0.5, 0.6) is 0 Å². The highest BCUT2D eigenvalue weighted by Gasteiger charge is 2.32. The first-order valence-corrected chi connectivity index (χ1v) is 19.9. The maximum atomic E-state index is 14.7. The van der Waals surface area contributed by atoms with Crippen LogP contribution in [0, 0.1) is 18.3 Å². The first-order chi connectivity index (χ1) is 30.2. The molecule has 0 radical (unpaired) electrons. The summed E-state index contributed by atoms with van der Waals surface area (Å²) in [5, 5.41) is 12.1. The normalized spacial score (nSPS) is 11.5. The smallest absolute Gasteiger partial charge is 0.308 e. The van der Waals surface area contributed by atoms with Gasteiger partial charge in [-0.15, -0.1) is 0 Å². The van der Waals surface area contributed by atoms with Gasteiger partial charge in [-0.2, -0.15) is 18.4 Å². The van der Waals surface area contributed by atoms with Gasteiger partial charge in [0.2, 0.25) is 0 Å². The van der Waals surface area contributed by atoms with Crippen LogP contribution in [0.25, 0.3) is 95.3 Å². The Kier molecular flexibility index (Phi) is 9.46. The number of nitrogens with zero attached hydrogens (tertiary/aromatic N) is 6. The fraction of sp³-hybridized carbons (Fsp3) is 0.0377. The molecule has 6 nitrogen and oxygen atoms in total. The fourth-order valence-electron chi connectivity index (χ4n) is 7.99. The van der Waals surface area contributed by atoms with Crippen LogP contribution in [0.3, 0.4) is 0 Å². The lowest BCUT2D eigenvalue weighted by atomic mass is 9.99. The minimum Gasteiger partial charge on any atom is -0.308 e. The monoisotopic (exact) mass is 810 g/mol. The van der Waals surface area contributed by atoms with E-state index < -0.39 is 11.7 Å². The lowest BCUT2D eigenvalue weighted by Crippen LogP contribution is -2.08. The maximum absolute atomic E-state index is 14.7. The van der Waals surface area contributed by atoms with Gasteiger partial charge in [0, 0.05) is 44.2 Å². The summed E-state index contributed by atoms with van der Waals surface area (Å²) in [4.78, 5) is 20.8. The van der Waals surface area contributed by atoms with E-state index in [1.807, 2.05) is 163 Å². The molecule has 7 aromatic carbocycles. The number of aryl methyl sites for hydroxylation is 1. The molecule has 0 spiro atoms. The Hall–Kier alpha value is -8.22. The van der Waals surface area contributed by atoms with Crippen LogP contribution in [0.15, 0.2) is 182 Å². The number of benzene rings is 7. The largest absolute Gasteiger partial charge is 0.416 e. The molecule has 0 bridgehead atoms. The molecule has 0 atom stereocenters. The van der Waals surface area contributed by atoms with Crippen molar-refractivity contribution < 1.29 is 13.2 Å². The van der Waals surface area contributed by atoms with Gasteiger partial charge in [0.05, 0.1) is 56.7 Å². The van der Waals surface area contributed by atoms with Crippen molar-refractivity contribution in [1.29, 1.82) is 5.26 Å². The summed E-state index contributed by atoms with van der Waals surface area (Å²) >= 11 is 0. The third kappa shape index (κ3) is 7.03. The van der Waals surface area contributed by atoms with Crippen molar-refractivity contribution in [2.24, 2.45) is 0 Å². The molecule has 0 N–H and O–H groups in total. The van der Waals surface area contributed by atoms with Crippen molar-refractivity contribution in [3.63, 3.8) is 0 Å². The number of aromatic nitrogens is 5. The van der Waals surface area contributed by atoms with E-state index >= 15 is 0 Å². The molecule has 296 valence electrons. The van der Waals surface area contributed by atoms with E-state index in [1.165, 1.54) is 12.1 Å². The van der Waals surface area contributed by atoms with Crippen molar-refractivity contribution in [2.75, 3.05) is 0 Å². The number of rotatable bonds is 7. The summed E-state index contributed by atoms with van der Waals surface area (Å²) in [5.41, 5.74) is 8.36. The van der Waals surface area contributed by atoms with Crippen LogP contribution >= 0.6 is 0 Å². The molecule has 10 aromatic rings. The van der Waals surface area contributed by atoms with E-state index in [-0.39, 0.29) is 17.2 Å². The number of fused-ring (bicyclic) bond motifs is 3. The lowest BCUT2D eigenvalue weighted by Gasteiger charge is -2.20. The molecule has 62 heavy (non-hydrogen) atoms. The topological polar surface area (TPSA) is 80.3 Å². The van der Waals surface area contributed by atoms with Crippen LogP contribution in [0.1, 0.15) is 16.7 Å². The Morgan fingerprint density at radius 2 is 0.855 bits per heavy atom. The third-order valence-electron chi connectivity index (χ3n) is 10.9. The number of hydrogen-bond donors (Lipinski definition) is 0. The molecule has 0 fully saturated rings. The summed E-state index contributed by atoms with van der Waals surface area (Å²) in [6.45, 7) is 1.94. The minimum atomic E-state index is -4.63. The predicted octanol–water partition coefficient (Wildman–Crippen LogP) is 13.6. The molecule has 3 heterocycles. The first kappa shape index (κ1) is 38.0. The van der Waals surface area contributed by atoms with Gasteiger partial charge in [-0.3, -0.25) is 0 Å². The van der Waals surface area contributed by atoms with Crippen LogP contribution < -0.4 is 0 Å². The van der Waals surface area contributed by atoms with Crippen LogP contribution in [-0.4, -0.2) is 24.5 Å². The highest BCUT2D eigenvalue weighted by molar-refractivity contribution is 6.11. The Bertz CT molecular complexity index is 3080. The van der Waals surface area contributed by atoms with Gasteiger partial charge in [-0.1, -0.05) is 140 Å². The summed E-state index contributed by atoms with van der Waals surface area (Å²) in [6, 6.07) is 58.1. The van der Waals surface area contributed by atoms with Crippen LogP contribution in [0.2, 0.25) is 0 Å². The molecule has 0 aliphatic rings. The van der Waals surface area contributed by atoms with E-state index in [0.717, 1.165) is 39.3 Å². The predicted molar refractivity (Wildman–Crippen MR) is 239 cm³/mol. The SMILES string of the molecule is Cc1ccc2c3ccc(C(F)(F)F)cc3n(-c3c(-c4nc(-c5ccccc5)cc(-c5ccccc5)n4)cc(C#N)cc3-c3nc(-c4ccccc4)cc(-c4ccccc4)n3)c2c1. The molecular weight excluding hydrogens is 778 g/mol. The van der Waals surface area contributed by atoms with Crippen LogP contribution in [0.4, 0.5) is 13.2 Å². The lowest BCUT2D eigenvalue weighted by molar-refractivity contribution is -0.137. The molecule has 0 amide bonds. The van der Waals surface area contributed by atoms with Crippen molar-refractivity contribution in [2.45, 2.75) is 13.1 Å². The second-order valence-corrected chi connectivity index (χ2v) is 15.0. The molecule has 10 rings (SSSR count). The molecule has 0 saturated carbocycles. The van der Waals surface area contributed by atoms with Gasteiger partial charge in [0.15, 0.2) is 11.6 Å². The average Bonchev–Trinajstić information content (AvgIpc) is 3.63. The molecule has 0 aliphatic carbocycles. The summed E-state index contributed by atoms with van der Waals surface area (Å²) in [6.07, 6.45) is -4.63. The van der Waals surface area contributed by atoms with Crippen molar-refractivity contribution in [3.8, 4) is 79.6 Å². The first-order valence-electron chi connectivity index (χ1n) is 19.9.